The fourth-order valence-electron chi connectivity index (χ4n) is 3.27. The number of benzene rings is 1. The molecule has 1 fully saturated rings. The third-order valence-electron chi connectivity index (χ3n) is 4.62. The van der Waals surface area contributed by atoms with Crippen LogP contribution in [0.5, 0.6) is 5.75 Å². The van der Waals surface area contributed by atoms with E-state index in [1.165, 1.54) is 0 Å². The van der Waals surface area contributed by atoms with E-state index in [4.69, 9.17) is 9.47 Å². The van der Waals surface area contributed by atoms with E-state index in [0.29, 0.717) is 18.5 Å². The van der Waals surface area contributed by atoms with Gasteiger partial charge in [-0.05, 0) is 31.2 Å². The van der Waals surface area contributed by atoms with Gasteiger partial charge < -0.3 is 14.8 Å². The van der Waals surface area contributed by atoms with Crippen LogP contribution < -0.4 is 15.4 Å². The molecule has 2 aromatic rings. The number of ether oxygens (including phenoxy) is 2. The van der Waals surface area contributed by atoms with Gasteiger partial charge in [0.15, 0.2) is 10.7 Å². The number of methoxy groups -OCH3 is 1. The minimum atomic E-state index is -0.317. The van der Waals surface area contributed by atoms with Crippen molar-refractivity contribution in [3.05, 3.63) is 30.9 Å². The van der Waals surface area contributed by atoms with Crippen molar-refractivity contribution in [2.75, 3.05) is 32.1 Å². The number of aliphatic imine (C=N–C) groups is 1. The average molecular weight is 344 g/mol. The van der Waals surface area contributed by atoms with Crippen molar-refractivity contribution in [2.45, 2.75) is 12.0 Å². The van der Waals surface area contributed by atoms with Crippen molar-refractivity contribution >= 4 is 32.7 Å². The highest BCUT2D eigenvalue weighted by Gasteiger charge is 2.45. The van der Waals surface area contributed by atoms with E-state index in [9.17, 15) is 0 Å². The maximum atomic E-state index is 6.19. The van der Waals surface area contributed by atoms with E-state index in [1.807, 2.05) is 24.3 Å². The Morgan fingerprint density at radius 1 is 1.54 bits per heavy atom. The third kappa shape index (κ3) is 2.63. The summed E-state index contributed by atoms with van der Waals surface area (Å²) < 4.78 is 12.5. The van der Waals surface area contributed by atoms with Crippen molar-refractivity contribution in [3.8, 4) is 5.75 Å². The molecule has 24 heavy (non-hydrogen) atoms. The van der Waals surface area contributed by atoms with E-state index in [2.05, 4.69) is 27.2 Å². The third-order valence-corrected chi connectivity index (χ3v) is 5.55. The van der Waals surface area contributed by atoms with Crippen molar-refractivity contribution < 1.29 is 9.47 Å². The summed E-state index contributed by atoms with van der Waals surface area (Å²) in [6, 6.07) is 6.38. The molecule has 0 aliphatic carbocycles. The number of aromatic nitrogens is 1. The summed E-state index contributed by atoms with van der Waals surface area (Å²) in [5.74, 6) is 1.13. The minimum Gasteiger partial charge on any atom is -0.497 e. The zero-order valence-electron chi connectivity index (χ0n) is 13.5. The van der Waals surface area contributed by atoms with E-state index in [0.717, 1.165) is 40.6 Å². The van der Waals surface area contributed by atoms with Gasteiger partial charge >= 0.3 is 0 Å². The fraction of sp³-hybridized carbons (Fsp3) is 0.412. The number of fused-ring (bicyclic) bond motifs is 1. The second kappa shape index (κ2) is 6.07. The van der Waals surface area contributed by atoms with Gasteiger partial charge in [-0.3, -0.25) is 5.32 Å². The van der Waals surface area contributed by atoms with Crippen LogP contribution in [0.4, 0.5) is 5.13 Å². The Balaban J connectivity index is 1.51. The van der Waals surface area contributed by atoms with Crippen LogP contribution in [-0.4, -0.2) is 43.4 Å². The van der Waals surface area contributed by atoms with E-state index in [1.54, 1.807) is 18.4 Å². The molecule has 6 nitrogen and oxygen atoms in total. The average Bonchev–Trinajstić information content (AvgIpc) is 3.19. The lowest BCUT2D eigenvalue weighted by Crippen LogP contribution is -2.54. The van der Waals surface area contributed by atoms with Gasteiger partial charge in [0, 0.05) is 12.5 Å². The fourth-order valence-corrected chi connectivity index (χ4v) is 4.16. The Kier molecular flexibility index (Phi) is 3.90. The van der Waals surface area contributed by atoms with Crippen molar-refractivity contribution in [1.82, 2.24) is 10.3 Å². The summed E-state index contributed by atoms with van der Waals surface area (Å²) in [4.78, 5) is 9.13. The molecule has 4 rings (SSSR count). The second-order valence-corrected chi connectivity index (χ2v) is 7.10. The lowest BCUT2D eigenvalue weighted by atomic mass is 9.82. The molecule has 1 saturated heterocycles. The van der Waals surface area contributed by atoms with E-state index in [-0.39, 0.29) is 5.60 Å². The topological polar surface area (TPSA) is 67.8 Å². The van der Waals surface area contributed by atoms with E-state index < -0.39 is 0 Å². The predicted molar refractivity (Wildman–Crippen MR) is 97.1 cm³/mol. The summed E-state index contributed by atoms with van der Waals surface area (Å²) in [7, 11) is 1.66. The minimum absolute atomic E-state index is 0.307. The Bertz CT molecular complexity index is 803. The van der Waals surface area contributed by atoms with Crippen molar-refractivity contribution in [3.63, 3.8) is 0 Å². The highest BCUT2D eigenvalue weighted by molar-refractivity contribution is 7.22. The molecule has 1 spiro atoms. The SMILES string of the molecule is C=CC1CCNCC12CN=C(Nc1nc3ccc(OC)cc3s1)O2. The number of nitrogens with zero attached hydrogens (tertiary/aromatic N) is 2. The second-order valence-electron chi connectivity index (χ2n) is 6.07. The van der Waals surface area contributed by atoms with Gasteiger partial charge in [0.05, 0.1) is 23.9 Å². The van der Waals surface area contributed by atoms with Gasteiger partial charge in [0.2, 0.25) is 0 Å². The molecule has 126 valence electrons. The zero-order valence-corrected chi connectivity index (χ0v) is 14.4. The van der Waals surface area contributed by atoms with Gasteiger partial charge in [-0.2, -0.15) is 0 Å². The number of hydrogen-bond acceptors (Lipinski definition) is 7. The van der Waals surface area contributed by atoms with Gasteiger partial charge in [-0.15, -0.1) is 6.58 Å². The summed E-state index contributed by atoms with van der Waals surface area (Å²) in [6.45, 7) is 6.37. The van der Waals surface area contributed by atoms with Crippen LogP contribution in [0, 0.1) is 5.92 Å². The highest BCUT2D eigenvalue weighted by Crippen LogP contribution is 2.34. The summed E-state index contributed by atoms with van der Waals surface area (Å²) in [5, 5.41) is 7.39. The summed E-state index contributed by atoms with van der Waals surface area (Å²) in [5.41, 5.74) is 0.613. The molecule has 2 aliphatic rings. The Hall–Kier alpha value is -2.12. The molecule has 2 unspecified atom stereocenters. The Labute approximate surface area is 144 Å². The zero-order chi connectivity index (χ0) is 16.6. The maximum Gasteiger partial charge on any atom is 0.291 e. The quantitative estimate of drug-likeness (QED) is 0.838. The first-order valence-electron chi connectivity index (χ1n) is 8.01. The molecule has 2 N–H and O–H groups in total. The lowest BCUT2D eigenvalue weighted by molar-refractivity contribution is 0.0234. The number of piperidine rings is 1. The number of amidine groups is 1. The first-order chi connectivity index (χ1) is 11.7. The molecule has 7 heteroatoms. The molecule has 1 aromatic heterocycles. The maximum absolute atomic E-state index is 6.19. The van der Waals surface area contributed by atoms with Crippen LogP contribution in [0.1, 0.15) is 6.42 Å². The number of nitrogens with one attached hydrogen (secondary N) is 2. The van der Waals surface area contributed by atoms with Crippen LogP contribution in [0.2, 0.25) is 0 Å². The molecule has 2 aliphatic heterocycles. The highest BCUT2D eigenvalue weighted by atomic mass is 32.1. The van der Waals surface area contributed by atoms with Crippen LogP contribution in [0.25, 0.3) is 10.2 Å². The van der Waals surface area contributed by atoms with Gasteiger partial charge in [-0.1, -0.05) is 17.4 Å². The molecule has 0 radical (unpaired) electrons. The Morgan fingerprint density at radius 2 is 2.46 bits per heavy atom. The molecule has 0 saturated carbocycles. The monoisotopic (exact) mass is 344 g/mol. The van der Waals surface area contributed by atoms with Crippen LogP contribution in [0.3, 0.4) is 0 Å². The normalized spacial score (nSPS) is 26.2. The Morgan fingerprint density at radius 3 is 3.29 bits per heavy atom. The molecular formula is C17H20N4O2S. The summed E-state index contributed by atoms with van der Waals surface area (Å²) in [6.07, 6.45) is 3.01. The largest absolute Gasteiger partial charge is 0.497 e. The number of anilines is 1. The number of rotatable bonds is 3. The van der Waals surface area contributed by atoms with Gasteiger partial charge in [-0.25, -0.2) is 9.98 Å². The molecule has 0 bridgehead atoms. The standard InChI is InChI=1S/C17H20N4O2S/c1-3-11-6-7-18-9-17(11)10-19-15(23-17)21-16-20-13-5-4-12(22-2)8-14(13)24-16/h3-5,8,11,18H,1,6-7,9-10H2,2H3,(H,19,20,21). The summed E-state index contributed by atoms with van der Waals surface area (Å²) >= 11 is 1.56. The predicted octanol–water partition coefficient (Wildman–Crippen LogP) is 2.64. The van der Waals surface area contributed by atoms with Crippen molar-refractivity contribution in [2.24, 2.45) is 10.9 Å². The van der Waals surface area contributed by atoms with Crippen LogP contribution >= 0.6 is 11.3 Å². The first-order valence-corrected chi connectivity index (χ1v) is 8.82. The molecule has 0 amide bonds. The van der Waals surface area contributed by atoms with E-state index >= 15 is 0 Å². The smallest absolute Gasteiger partial charge is 0.291 e. The molecule has 3 heterocycles. The van der Waals surface area contributed by atoms with Crippen LogP contribution in [-0.2, 0) is 4.74 Å². The lowest BCUT2D eigenvalue weighted by Gasteiger charge is -2.38. The van der Waals surface area contributed by atoms with Gasteiger partial charge in [0.1, 0.15) is 5.75 Å². The number of hydrogen-bond donors (Lipinski definition) is 2. The number of thiazole rings is 1. The molecule has 2 atom stereocenters. The van der Waals surface area contributed by atoms with Crippen molar-refractivity contribution in [1.29, 1.82) is 0 Å². The van der Waals surface area contributed by atoms with Crippen LogP contribution in [0.15, 0.2) is 35.8 Å². The van der Waals surface area contributed by atoms with Gasteiger partial charge in [0.25, 0.3) is 6.02 Å². The molecule has 1 aromatic carbocycles. The first kappa shape index (κ1) is 15.4. The molecular weight excluding hydrogens is 324 g/mol.